The fourth-order valence-corrected chi connectivity index (χ4v) is 3.26. The minimum Gasteiger partial charge on any atom is -0.481 e. The molecule has 0 radical (unpaired) electrons. The second-order valence-electron chi connectivity index (χ2n) is 4.73. The number of rotatable bonds is 6. The molecule has 2 atom stereocenters. The molecule has 0 amide bonds. The third-order valence-corrected chi connectivity index (χ3v) is 4.39. The number of carboxylic acids is 1. The number of carbonyl (C=O) groups is 1. The van der Waals surface area contributed by atoms with Gasteiger partial charge < -0.3 is 14.4 Å². The molecule has 2 rings (SSSR count). The summed E-state index contributed by atoms with van der Waals surface area (Å²) < 4.78 is 7.89. The van der Waals surface area contributed by atoms with Crippen molar-refractivity contribution in [3.63, 3.8) is 0 Å². The second kappa shape index (κ2) is 6.43. The summed E-state index contributed by atoms with van der Waals surface area (Å²) >= 11 is 1.28. The maximum absolute atomic E-state index is 10.7. The summed E-state index contributed by atoms with van der Waals surface area (Å²) in [5, 5.41) is 9.58. The molecule has 1 aliphatic rings. The van der Waals surface area contributed by atoms with E-state index in [9.17, 15) is 4.79 Å². The molecule has 0 spiro atoms. The molecule has 0 aliphatic carbocycles. The Morgan fingerprint density at radius 3 is 3.11 bits per heavy atom. The van der Waals surface area contributed by atoms with Gasteiger partial charge in [0.25, 0.3) is 0 Å². The minimum absolute atomic E-state index is 0.0401. The van der Waals surface area contributed by atoms with Gasteiger partial charge in [-0.05, 0) is 26.2 Å². The molecule has 1 aromatic rings. The van der Waals surface area contributed by atoms with Crippen LogP contribution in [0.3, 0.4) is 0 Å². The van der Waals surface area contributed by atoms with Gasteiger partial charge in [-0.15, -0.1) is 0 Å². The molecule has 0 bridgehead atoms. The van der Waals surface area contributed by atoms with E-state index in [1.54, 1.807) is 0 Å². The van der Waals surface area contributed by atoms with Crippen molar-refractivity contribution < 1.29 is 14.6 Å². The topological polar surface area (TPSA) is 64.3 Å². The maximum Gasteiger partial charge on any atom is 0.313 e. The second-order valence-corrected chi connectivity index (χ2v) is 5.67. The van der Waals surface area contributed by atoms with Crippen LogP contribution in [-0.4, -0.2) is 39.1 Å². The van der Waals surface area contributed by atoms with Crippen LogP contribution in [-0.2, 0) is 16.0 Å². The average molecular weight is 284 g/mol. The van der Waals surface area contributed by atoms with Crippen molar-refractivity contribution >= 4 is 17.7 Å². The fourth-order valence-electron chi connectivity index (χ4n) is 2.46. The molecule has 106 valence electrons. The van der Waals surface area contributed by atoms with Crippen molar-refractivity contribution in [3.05, 3.63) is 11.9 Å². The van der Waals surface area contributed by atoms with Crippen molar-refractivity contribution in [1.29, 1.82) is 0 Å². The van der Waals surface area contributed by atoms with Gasteiger partial charge >= 0.3 is 5.97 Å². The van der Waals surface area contributed by atoms with Crippen LogP contribution < -0.4 is 0 Å². The summed E-state index contributed by atoms with van der Waals surface area (Å²) in [6.45, 7) is 5.03. The van der Waals surface area contributed by atoms with E-state index in [0.717, 1.165) is 36.7 Å². The number of imidazole rings is 1. The largest absolute Gasteiger partial charge is 0.481 e. The zero-order valence-corrected chi connectivity index (χ0v) is 12.2. The molecule has 0 saturated carbocycles. The zero-order chi connectivity index (χ0) is 13.8. The van der Waals surface area contributed by atoms with Gasteiger partial charge in [-0.3, -0.25) is 4.79 Å². The van der Waals surface area contributed by atoms with E-state index in [4.69, 9.17) is 9.84 Å². The number of hydrogen-bond donors (Lipinski definition) is 1. The lowest BCUT2D eigenvalue weighted by Gasteiger charge is -2.23. The molecule has 1 saturated heterocycles. The van der Waals surface area contributed by atoms with E-state index in [-0.39, 0.29) is 17.9 Å². The first-order valence-electron chi connectivity index (χ1n) is 6.65. The van der Waals surface area contributed by atoms with Gasteiger partial charge in [0.05, 0.1) is 17.9 Å². The zero-order valence-electron chi connectivity index (χ0n) is 11.3. The highest BCUT2D eigenvalue weighted by molar-refractivity contribution is 7.99. The summed E-state index contributed by atoms with van der Waals surface area (Å²) in [7, 11) is 0. The number of aryl methyl sites for hydroxylation is 1. The monoisotopic (exact) mass is 284 g/mol. The first kappa shape index (κ1) is 14.4. The quantitative estimate of drug-likeness (QED) is 0.812. The Labute approximate surface area is 117 Å². The molecule has 2 unspecified atom stereocenters. The predicted octanol–water partition coefficient (Wildman–Crippen LogP) is 2.36. The van der Waals surface area contributed by atoms with Crippen LogP contribution in [0.2, 0.25) is 0 Å². The van der Waals surface area contributed by atoms with Crippen LogP contribution in [0, 0.1) is 0 Å². The lowest BCUT2D eigenvalue weighted by molar-refractivity contribution is -0.133. The summed E-state index contributed by atoms with van der Waals surface area (Å²) in [6, 6.07) is 0.205. The molecular formula is C13H20N2O3S. The lowest BCUT2D eigenvalue weighted by Crippen LogP contribution is -2.23. The number of hydrogen-bond acceptors (Lipinski definition) is 4. The highest BCUT2D eigenvalue weighted by Crippen LogP contribution is 2.30. The van der Waals surface area contributed by atoms with Crippen molar-refractivity contribution in [2.45, 2.75) is 50.4 Å². The summed E-state index contributed by atoms with van der Waals surface area (Å²) in [6.07, 6.45) is 5.10. The first-order valence-corrected chi connectivity index (χ1v) is 7.64. The van der Waals surface area contributed by atoms with Crippen molar-refractivity contribution in [2.75, 3.05) is 12.4 Å². The van der Waals surface area contributed by atoms with E-state index in [1.807, 2.05) is 6.20 Å². The third kappa shape index (κ3) is 3.30. The number of aliphatic carboxylic acids is 1. The predicted molar refractivity (Wildman–Crippen MR) is 73.6 cm³/mol. The molecule has 5 nitrogen and oxygen atoms in total. The lowest BCUT2D eigenvalue weighted by atomic mass is 10.1. The van der Waals surface area contributed by atoms with Crippen molar-refractivity contribution in [1.82, 2.24) is 9.55 Å². The van der Waals surface area contributed by atoms with E-state index in [2.05, 4.69) is 23.4 Å². The standard InChI is InChI=1S/C13H20N2O3S/c1-3-10-7-14-13(19-8-12(16)17)15(10)9(2)11-5-4-6-18-11/h7,9,11H,3-6,8H2,1-2H3,(H,16,17). The first-order chi connectivity index (χ1) is 9.13. The minimum atomic E-state index is -0.817. The van der Waals surface area contributed by atoms with Gasteiger partial charge in [0, 0.05) is 18.5 Å². The molecule has 6 heteroatoms. The van der Waals surface area contributed by atoms with Crippen molar-refractivity contribution in [2.24, 2.45) is 0 Å². The number of nitrogens with zero attached hydrogens (tertiary/aromatic N) is 2. The Morgan fingerprint density at radius 1 is 1.74 bits per heavy atom. The van der Waals surface area contributed by atoms with Crippen LogP contribution in [0.1, 0.15) is 38.4 Å². The molecule has 19 heavy (non-hydrogen) atoms. The third-order valence-electron chi connectivity index (χ3n) is 3.44. The van der Waals surface area contributed by atoms with Gasteiger partial charge in [0.2, 0.25) is 0 Å². The molecule has 1 N–H and O–H groups in total. The van der Waals surface area contributed by atoms with Gasteiger partial charge in [0.15, 0.2) is 5.16 Å². The van der Waals surface area contributed by atoms with Gasteiger partial charge in [-0.25, -0.2) is 4.98 Å². The Bertz CT molecular complexity index is 441. The summed E-state index contributed by atoms with van der Waals surface area (Å²) in [4.78, 5) is 15.1. The Morgan fingerprint density at radius 2 is 2.53 bits per heavy atom. The summed E-state index contributed by atoms with van der Waals surface area (Å²) in [5.41, 5.74) is 1.14. The number of carboxylic acid groups (broad SMARTS) is 1. The van der Waals surface area contributed by atoms with Crippen LogP contribution in [0.15, 0.2) is 11.4 Å². The molecular weight excluding hydrogens is 264 g/mol. The van der Waals surface area contributed by atoms with E-state index < -0.39 is 5.97 Å². The van der Waals surface area contributed by atoms with Gasteiger partial charge in [-0.2, -0.15) is 0 Å². The highest BCUT2D eigenvalue weighted by atomic mass is 32.2. The van der Waals surface area contributed by atoms with Crippen LogP contribution >= 0.6 is 11.8 Å². The molecule has 1 fully saturated rings. The molecule has 2 heterocycles. The van der Waals surface area contributed by atoms with E-state index in [0.29, 0.717) is 0 Å². The SMILES string of the molecule is CCc1cnc(SCC(=O)O)n1C(C)C1CCCO1. The number of aromatic nitrogens is 2. The number of thioether (sulfide) groups is 1. The molecule has 1 aromatic heterocycles. The van der Waals surface area contributed by atoms with Crippen LogP contribution in [0.5, 0.6) is 0 Å². The maximum atomic E-state index is 10.7. The Balaban J connectivity index is 2.19. The molecule has 0 aromatic carbocycles. The normalized spacial score (nSPS) is 20.6. The van der Waals surface area contributed by atoms with Gasteiger partial charge in [0.1, 0.15) is 0 Å². The number of ether oxygens (including phenoxy) is 1. The summed E-state index contributed by atoms with van der Waals surface area (Å²) in [5.74, 6) is -0.777. The smallest absolute Gasteiger partial charge is 0.313 e. The van der Waals surface area contributed by atoms with E-state index >= 15 is 0 Å². The van der Waals surface area contributed by atoms with E-state index in [1.165, 1.54) is 11.8 Å². The molecule has 1 aliphatic heterocycles. The average Bonchev–Trinajstić information content (AvgIpc) is 3.04. The van der Waals surface area contributed by atoms with Crippen molar-refractivity contribution in [3.8, 4) is 0 Å². The Kier molecular flexibility index (Phi) is 4.87. The van der Waals surface area contributed by atoms with Crippen LogP contribution in [0.25, 0.3) is 0 Å². The Hall–Kier alpha value is -1.01. The fraction of sp³-hybridized carbons (Fsp3) is 0.692. The highest BCUT2D eigenvalue weighted by Gasteiger charge is 2.27. The van der Waals surface area contributed by atoms with Crippen LogP contribution in [0.4, 0.5) is 0 Å². The van der Waals surface area contributed by atoms with Gasteiger partial charge in [-0.1, -0.05) is 18.7 Å².